The molecule has 1 N–H and O–H groups in total. The largest absolute Gasteiger partial charge is 0.496 e. The maximum absolute atomic E-state index is 12.9. The summed E-state index contributed by atoms with van der Waals surface area (Å²) in [5.74, 6) is -0.551. The van der Waals surface area contributed by atoms with Crippen molar-refractivity contribution in [1.29, 1.82) is 0 Å². The van der Waals surface area contributed by atoms with Gasteiger partial charge in [-0.2, -0.15) is 0 Å². The van der Waals surface area contributed by atoms with Crippen LogP contribution in [0.4, 0.5) is 0 Å². The number of rotatable bonds is 6. The van der Waals surface area contributed by atoms with Gasteiger partial charge in [-0.3, -0.25) is 14.4 Å². The van der Waals surface area contributed by atoms with E-state index in [4.69, 9.17) is 9.47 Å². The molecular formula is C18H23BrN2O5. The normalized spacial score (nSPS) is 18.1. The predicted octanol–water partition coefficient (Wildman–Crippen LogP) is 2.13. The van der Waals surface area contributed by atoms with Crippen molar-refractivity contribution in [3.63, 3.8) is 0 Å². The molecule has 0 bridgehead atoms. The summed E-state index contributed by atoms with van der Waals surface area (Å²) in [6.45, 7) is 4.37. The molecule has 7 nitrogen and oxygen atoms in total. The predicted molar refractivity (Wildman–Crippen MR) is 99.0 cm³/mol. The minimum Gasteiger partial charge on any atom is -0.496 e. The molecule has 1 aliphatic heterocycles. The van der Waals surface area contributed by atoms with Crippen molar-refractivity contribution in [3.05, 3.63) is 28.2 Å². The summed E-state index contributed by atoms with van der Waals surface area (Å²) in [7, 11) is 1.54. The Balaban J connectivity index is 2.18. The number of halogens is 1. The molecule has 2 amide bonds. The van der Waals surface area contributed by atoms with Crippen molar-refractivity contribution in [2.45, 2.75) is 38.8 Å². The van der Waals surface area contributed by atoms with Crippen LogP contribution in [0, 0.1) is 0 Å². The Kier molecular flexibility index (Phi) is 7.02. The summed E-state index contributed by atoms with van der Waals surface area (Å²) in [5.41, 5.74) is 0.410. The van der Waals surface area contributed by atoms with Crippen LogP contribution < -0.4 is 10.1 Å². The number of nitrogens with one attached hydrogen (secondary N) is 1. The third kappa shape index (κ3) is 4.75. The molecule has 26 heavy (non-hydrogen) atoms. The van der Waals surface area contributed by atoms with Crippen LogP contribution in [0.5, 0.6) is 5.75 Å². The minimum atomic E-state index is -0.881. The molecule has 1 heterocycles. The smallest absolute Gasteiger partial charge is 0.308 e. The first kappa shape index (κ1) is 20.2. The summed E-state index contributed by atoms with van der Waals surface area (Å²) in [5, 5.41) is 2.70. The Bertz CT molecular complexity index is 694. The van der Waals surface area contributed by atoms with Crippen molar-refractivity contribution < 1.29 is 23.9 Å². The lowest BCUT2D eigenvalue weighted by Crippen LogP contribution is -2.57. The van der Waals surface area contributed by atoms with Gasteiger partial charge in [-0.05, 0) is 47.5 Å². The molecule has 2 atom stereocenters. The number of amides is 2. The average molecular weight is 427 g/mol. The first-order chi connectivity index (χ1) is 12.4. The van der Waals surface area contributed by atoms with E-state index in [1.807, 2.05) is 6.92 Å². The first-order valence-corrected chi connectivity index (χ1v) is 9.28. The zero-order chi connectivity index (χ0) is 19.3. The quantitative estimate of drug-likeness (QED) is 0.704. The molecule has 1 saturated heterocycles. The van der Waals surface area contributed by atoms with Gasteiger partial charge in [0.1, 0.15) is 11.8 Å². The van der Waals surface area contributed by atoms with E-state index < -0.39 is 12.0 Å². The average Bonchev–Trinajstić information content (AvgIpc) is 2.62. The van der Waals surface area contributed by atoms with Gasteiger partial charge in [-0.25, -0.2) is 0 Å². The molecule has 0 aliphatic carbocycles. The fourth-order valence-electron chi connectivity index (χ4n) is 2.64. The van der Waals surface area contributed by atoms with Crippen molar-refractivity contribution >= 4 is 33.7 Å². The molecule has 0 saturated carbocycles. The number of carbonyl (C=O) groups excluding carboxylic acids is 3. The molecule has 1 aromatic carbocycles. The van der Waals surface area contributed by atoms with Gasteiger partial charge in [0.05, 0.1) is 24.1 Å². The van der Waals surface area contributed by atoms with E-state index >= 15 is 0 Å². The van der Waals surface area contributed by atoms with E-state index in [2.05, 4.69) is 21.2 Å². The monoisotopic (exact) mass is 426 g/mol. The second kappa shape index (κ2) is 9.02. The number of hydrogen-bond donors (Lipinski definition) is 1. The van der Waals surface area contributed by atoms with Crippen molar-refractivity contribution in [3.8, 4) is 5.75 Å². The van der Waals surface area contributed by atoms with Gasteiger partial charge in [-0.1, -0.05) is 6.92 Å². The topological polar surface area (TPSA) is 84.9 Å². The Morgan fingerprint density at radius 1 is 1.42 bits per heavy atom. The lowest BCUT2D eigenvalue weighted by molar-refractivity contribution is -0.151. The van der Waals surface area contributed by atoms with Crippen LogP contribution in [-0.4, -0.2) is 55.0 Å². The van der Waals surface area contributed by atoms with E-state index in [9.17, 15) is 14.4 Å². The van der Waals surface area contributed by atoms with E-state index in [-0.39, 0.29) is 24.3 Å². The van der Waals surface area contributed by atoms with E-state index in [1.165, 1.54) is 12.0 Å². The number of carbonyl (C=O) groups is 3. The number of benzene rings is 1. The van der Waals surface area contributed by atoms with E-state index in [0.717, 1.165) is 0 Å². The summed E-state index contributed by atoms with van der Waals surface area (Å²) < 4.78 is 11.1. The zero-order valence-corrected chi connectivity index (χ0v) is 16.7. The SMILES string of the molecule is CCC(C)OC(=O)CC1C(=O)NCCN1C(=O)c1ccc(OC)c(Br)c1. The van der Waals surface area contributed by atoms with Crippen LogP contribution in [0.25, 0.3) is 0 Å². The van der Waals surface area contributed by atoms with Gasteiger partial charge in [0.25, 0.3) is 5.91 Å². The van der Waals surface area contributed by atoms with Crippen LogP contribution in [0.2, 0.25) is 0 Å². The number of piperazine rings is 1. The number of esters is 1. The molecular weight excluding hydrogens is 404 g/mol. The summed E-state index contributed by atoms with van der Waals surface area (Å²) in [6.07, 6.45) is 0.292. The fraction of sp³-hybridized carbons (Fsp3) is 0.500. The molecule has 0 spiro atoms. The second-order valence-corrected chi connectivity index (χ2v) is 6.92. The number of hydrogen-bond acceptors (Lipinski definition) is 5. The van der Waals surface area contributed by atoms with E-state index in [1.54, 1.807) is 25.1 Å². The maximum atomic E-state index is 12.9. The van der Waals surface area contributed by atoms with Crippen molar-refractivity contribution in [2.24, 2.45) is 0 Å². The summed E-state index contributed by atoms with van der Waals surface area (Å²) >= 11 is 3.35. The van der Waals surface area contributed by atoms with Gasteiger partial charge < -0.3 is 19.7 Å². The highest BCUT2D eigenvalue weighted by atomic mass is 79.9. The van der Waals surface area contributed by atoms with Crippen molar-refractivity contribution in [2.75, 3.05) is 20.2 Å². The Morgan fingerprint density at radius 2 is 2.15 bits per heavy atom. The second-order valence-electron chi connectivity index (χ2n) is 6.07. The third-order valence-electron chi connectivity index (χ3n) is 4.26. The van der Waals surface area contributed by atoms with Gasteiger partial charge in [0.15, 0.2) is 0 Å². The van der Waals surface area contributed by atoms with Crippen LogP contribution in [0.15, 0.2) is 22.7 Å². The molecule has 2 unspecified atom stereocenters. The Labute approximate surface area is 161 Å². The molecule has 8 heteroatoms. The highest BCUT2D eigenvalue weighted by molar-refractivity contribution is 9.10. The van der Waals surface area contributed by atoms with Gasteiger partial charge in [-0.15, -0.1) is 0 Å². The molecule has 2 rings (SSSR count). The molecule has 1 aliphatic rings. The molecule has 1 fully saturated rings. The van der Waals surface area contributed by atoms with Gasteiger partial charge in [0.2, 0.25) is 5.91 Å². The third-order valence-corrected chi connectivity index (χ3v) is 4.88. The van der Waals surface area contributed by atoms with Crippen LogP contribution in [0.3, 0.4) is 0 Å². The zero-order valence-electron chi connectivity index (χ0n) is 15.1. The summed E-state index contributed by atoms with van der Waals surface area (Å²) in [4.78, 5) is 38.7. The van der Waals surface area contributed by atoms with E-state index in [0.29, 0.717) is 35.3 Å². The maximum Gasteiger partial charge on any atom is 0.308 e. The number of nitrogens with zero attached hydrogens (tertiary/aromatic N) is 1. The highest BCUT2D eigenvalue weighted by Crippen LogP contribution is 2.26. The van der Waals surface area contributed by atoms with Crippen LogP contribution in [0.1, 0.15) is 37.0 Å². The standard InChI is InChI=1S/C18H23BrN2O5/c1-4-11(2)26-16(22)10-14-17(23)20-7-8-21(14)18(24)12-5-6-15(25-3)13(19)9-12/h5-6,9,11,14H,4,7-8,10H2,1-3H3,(H,20,23). The van der Waals surface area contributed by atoms with Crippen molar-refractivity contribution in [1.82, 2.24) is 10.2 Å². The lowest BCUT2D eigenvalue weighted by Gasteiger charge is -2.34. The Morgan fingerprint density at radius 3 is 2.77 bits per heavy atom. The summed E-state index contributed by atoms with van der Waals surface area (Å²) in [6, 6.07) is 4.07. The van der Waals surface area contributed by atoms with Crippen LogP contribution in [-0.2, 0) is 14.3 Å². The number of ether oxygens (including phenoxy) is 2. The first-order valence-electron chi connectivity index (χ1n) is 8.49. The fourth-order valence-corrected chi connectivity index (χ4v) is 3.18. The molecule has 0 aromatic heterocycles. The molecule has 0 radical (unpaired) electrons. The molecule has 142 valence electrons. The highest BCUT2D eigenvalue weighted by Gasteiger charge is 2.36. The lowest BCUT2D eigenvalue weighted by atomic mass is 10.1. The van der Waals surface area contributed by atoms with Gasteiger partial charge in [0, 0.05) is 18.7 Å². The number of methoxy groups -OCH3 is 1. The van der Waals surface area contributed by atoms with Crippen LogP contribution >= 0.6 is 15.9 Å². The molecule has 1 aromatic rings. The minimum absolute atomic E-state index is 0.167. The Hall–Kier alpha value is -2.09. The van der Waals surface area contributed by atoms with Gasteiger partial charge >= 0.3 is 5.97 Å².